The van der Waals surface area contributed by atoms with Crippen LogP contribution in [0.5, 0.6) is 11.5 Å². The predicted molar refractivity (Wildman–Crippen MR) is 120 cm³/mol. The van der Waals surface area contributed by atoms with Crippen LogP contribution < -0.4 is 14.8 Å². The van der Waals surface area contributed by atoms with Crippen LogP contribution in [0.3, 0.4) is 0 Å². The summed E-state index contributed by atoms with van der Waals surface area (Å²) in [4.78, 5) is 22.6. The van der Waals surface area contributed by atoms with Crippen LogP contribution in [0.2, 0.25) is 0 Å². The Bertz CT molecular complexity index is 1100. The van der Waals surface area contributed by atoms with E-state index in [0.29, 0.717) is 41.0 Å². The summed E-state index contributed by atoms with van der Waals surface area (Å²) in [7, 11) is 4.95. The molecule has 11 heteroatoms. The molecule has 168 valence electrons. The Morgan fingerprint density at radius 2 is 1.84 bits per heavy atom. The van der Waals surface area contributed by atoms with E-state index in [1.54, 1.807) is 38.0 Å². The normalized spacial score (nSPS) is 10.6. The van der Waals surface area contributed by atoms with Crippen LogP contribution in [-0.2, 0) is 18.3 Å². The second-order valence-corrected chi connectivity index (χ2v) is 7.69. The Morgan fingerprint density at radius 1 is 1.12 bits per heavy atom. The number of hydrogen-bond donors (Lipinski definition) is 1. The highest BCUT2D eigenvalue weighted by Crippen LogP contribution is 2.27. The topological polar surface area (TPSA) is 121 Å². The predicted octanol–water partition coefficient (Wildman–Crippen LogP) is 2.86. The maximum atomic E-state index is 12.2. The quantitative estimate of drug-likeness (QED) is 0.280. The lowest BCUT2D eigenvalue weighted by Crippen LogP contribution is -2.27. The molecule has 1 amide bonds. The van der Waals surface area contributed by atoms with E-state index in [4.69, 9.17) is 9.47 Å². The van der Waals surface area contributed by atoms with Crippen molar-refractivity contribution in [2.45, 2.75) is 11.6 Å². The summed E-state index contributed by atoms with van der Waals surface area (Å²) < 4.78 is 12.3. The lowest BCUT2D eigenvalue weighted by atomic mass is 10.1. The van der Waals surface area contributed by atoms with Crippen molar-refractivity contribution in [2.24, 2.45) is 7.05 Å². The van der Waals surface area contributed by atoms with Crippen molar-refractivity contribution in [2.75, 3.05) is 26.5 Å². The third-order valence-electron chi connectivity index (χ3n) is 4.69. The van der Waals surface area contributed by atoms with Crippen LogP contribution in [0, 0.1) is 10.1 Å². The van der Waals surface area contributed by atoms with Gasteiger partial charge in [0.15, 0.2) is 22.5 Å². The Kier molecular flexibility index (Phi) is 7.66. The van der Waals surface area contributed by atoms with Crippen molar-refractivity contribution in [3.63, 3.8) is 0 Å². The average molecular weight is 458 g/mol. The van der Waals surface area contributed by atoms with E-state index in [1.807, 2.05) is 18.2 Å². The first kappa shape index (κ1) is 23.1. The van der Waals surface area contributed by atoms with Crippen LogP contribution in [0.1, 0.15) is 5.56 Å². The highest BCUT2D eigenvalue weighted by molar-refractivity contribution is 7.99. The second kappa shape index (κ2) is 10.6. The number of nitrogens with zero attached hydrogens (tertiary/aromatic N) is 4. The molecule has 0 unspecified atom stereocenters. The van der Waals surface area contributed by atoms with Crippen LogP contribution in [-0.4, -0.2) is 52.1 Å². The fourth-order valence-electron chi connectivity index (χ4n) is 2.99. The van der Waals surface area contributed by atoms with Crippen molar-refractivity contribution in [1.29, 1.82) is 0 Å². The van der Waals surface area contributed by atoms with Crippen LogP contribution in [0.4, 0.5) is 5.69 Å². The Morgan fingerprint density at radius 3 is 2.50 bits per heavy atom. The zero-order chi connectivity index (χ0) is 23.1. The van der Waals surface area contributed by atoms with Gasteiger partial charge < -0.3 is 19.4 Å². The molecule has 10 nitrogen and oxygen atoms in total. The van der Waals surface area contributed by atoms with Gasteiger partial charge in [0.25, 0.3) is 5.69 Å². The maximum Gasteiger partial charge on any atom is 0.269 e. The first-order valence-electron chi connectivity index (χ1n) is 9.67. The van der Waals surface area contributed by atoms with Crippen molar-refractivity contribution in [3.05, 3.63) is 58.1 Å². The molecule has 0 saturated heterocycles. The first-order valence-corrected chi connectivity index (χ1v) is 10.7. The number of nitro benzene ring substituents is 1. The number of methoxy groups -OCH3 is 2. The van der Waals surface area contributed by atoms with Gasteiger partial charge in [-0.15, -0.1) is 10.2 Å². The smallest absolute Gasteiger partial charge is 0.269 e. The fraction of sp³-hybridized carbons (Fsp3) is 0.286. The number of benzene rings is 2. The Hall–Kier alpha value is -3.60. The fourth-order valence-corrected chi connectivity index (χ4v) is 3.73. The molecule has 1 N–H and O–H groups in total. The zero-order valence-corrected chi connectivity index (χ0v) is 18.7. The van der Waals surface area contributed by atoms with Gasteiger partial charge in [0.05, 0.1) is 24.9 Å². The van der Waals surface area contributed by atoms with Crippen LogP contribution >= 0.6 is 11.8 Å². The summed E-state index contributed by atoms with van der Waals surface area (Å²) in [5.74, 6) is 1.95. The number of carbonyl (C=O) groups is 1. The standard InChI is InChI=1S/C21H23N5O5S/c1-25-20(15-5-7-16(8-6-15)26(28)29)23-24-21(25)32-13-19(27)22-11-10-14-4-9-17(30-2)18(12-14)31-3/h4-9,12H,10-11,13H2,1-3H3,(H,22,27). The van der Waals surface area contributed by atoms with Crippen LogP contribution in [0.15, 0.2) is 47.6 Å². The van der Waals surface area contributed by atoms with E-state index in [9.17, 15) is 14.9 Å². The molecule has 0 aliphatic rings. The second-order valence-electron chi connectivity index (χ2n) is 6.75. The van der Waals surface area contributed by atoms with Gasteiger partial charge in [-0.05, 0) is 36.2 Å². The molecule has 2 aromatic carbocycles. The number of ether oxygens (including phenoxy) is 2. The molecule has 3 rings (SSSR count). The molecule has 0 aliphatic carbocycles. The van der Waals surface area contributed by atoms with Gasteiger partial charge in [0.1, 0.15) is 0 Å². The number of rotatable bonds is 10. The molecule has 32 heavy (non-hydrogen) atoms. The average Bonchev–Trinajstić information content (AvgIpc) is 3.17. The van der Waals surface area contributed by atoms with E-state index >= 15 is 0 Å². The van der Waals surface area contributed by atoms with Gasteiger partial charge >= 0.3 is 0 Å². The van der Waals surface area contributed by atoms with Crippen molar-refractivity contribution in [3.8, 4) is 22.9 Å². The summed E-state index contributed by atoms with van der Waals surface area (Å²) in [5, 5.41) is 22.5. The number of carbonyl (C=O) groups excluding carboxylic acids is 1. The summed E-state index contributed by atoms with van der Waals surface area (Å²) in [6, 6.07) is 11.7. The Balaban J connectivity index is 1.50. The molecular weight excluding hydrogens is 434 g/mol. The lowest BCUT2D eigenvalue weighted by Gasteiger charge is -2.10. The number of non-ortho nitro benzene ring substituents is 1. The van der Waals surface area contributed by atoms with Gasteiger partial charge in [-0.2, -0.15) is 0 Å². The van der Waals surface area contributed by atoms with Crippen molar-refractivity contribution < 1.29 is 19.2 Å². The summed E-state index contributed by atoms with van der Waals surface area (Å²) in [6.07, 6.45) is 0.658. The number of thioether (sulfide) groups is 1. The molecule has 0 aliphatic heterocycles. The molecule has 0 fully saturated rings. The van der Waals surface area contributed by atoms with Gasteiger partial charge in [0.2, 0.25) is 5.91 Å². The molecule has 0 saturated carbocycles. The highest BCUT2D eigenvalue weighted by atomic mass is 32.2. The van der Waals surface area contributed by atoms with E-state index < -0.39 is 4.92 Å². The summed E-state index contributed by atoms with van der Waals surface area (Å²) in [6.45, 7) is 0.488. The lowest BCUT2D eigenvalue weighted by molar-refractivity contribution is -0.384. The molecule has 0 spiro atoms. The molecule has 1 heterocycles. The zero-order valence-electron chi connectivity index (χ0n) is 17.9. The number of nitro groups is 1. The Labute approximate surface area is 189 Å². The minimum atomic E-state index is -0.453. The van der Waals surface area contributed by atoms with Gasteiger partial charge in [-0.3, -0.25) is 14.9 Å². The summed E-state index contributed by atoms with van der Waals surface area (Å²) >= 11 is 1.27. The largest absolute Gasteiger partial charge is 0.493 e. The molecular formula is C21H23N5O5S. The van der Waals surface area contributed by atoms with E-state index in [0.717, 1.165) is 5.56 Å². The minimum Gasteiger partial charge on any atom is -0.493 e. The van der Waals surface area contributed by atoms with Gasteiger partial charge in [0, 0.05) is 31.3 Å². The van der Waals surface area contributed by atoms with E-state index in [-0.39, 0.29) is 17.3 Å². The third-order valence-corrected chi connectivity index (χ3v) is 5.71. The first-order chi connectivity index (χ1) is 15.4. The number of amides is 1. The number of hydrogen-bond acceptors (Lipinski definition) is 8. The molecule has 0 radical (unpaired) electrons. The molecule has 1 aromatic heterocycles. The van der Waals surface area contributed by atoms with E-state index in [2.05, 4.69) is 15.5 Å². The number of aromatic nitrogens is 3. The maximum absolute atomic E-state index is 12.2. The molecule has 3 aromatic rings. The van der Waals surface area contributed by atoms with Crippen molar-refractivity contribution >= 4 is 23.4 Å². The molecule has 0 atom stereocenters. The third kappa shape index (κ3) is 5.55. The van der Waals surface area contributed by atoms with Gasteiger partial charge in [-0.1, -0.05) is 17.8 Å². The van der Waals surface area contributed by atoms with Gasteiger partial charge in [-0.25, -0.2) is 0 Å². The van der Waals surface area contributed by atoms with E-state index in [1.165, 1.54) is 23.9 Å². The summed E-state index contributed by atoms with van der Waals surface area (Å²) in [5.41, 5.74) is 1.74. The van der Waals surface area contributed by atoms with Crippen LogP contribution in [0.25, 0.3) is 11.4 Å². The molecule has 0 bridgehead atoms. The number of nitrogens with one attached hydrogen (secondary N) is 1. The van der Waals surface area contributed by atoms with Crippen molar-refractivity contribution in [1.82, 2.24) is 20.1 Å². The minimum absolute atomic E-state index is 0.00951. The highest BCUT2D eigenvalue weighted by Gasteiger charge is 2.14. The SMILES string of the molecule is COc1ccc(CCNC(=O)CSc2nnc(-c3ccc([N+](=O)[O-])cc3)n2C)cc1OC. The monoisotopic (exact) mass is 457 g/mol.